The number of anilines is 3. The average molecular weight is 378 g/mol. The van der Waals surface area contributed by atoms with Crippen LogP contribution in [0.5, 0.6) is 0 Å². The lowest BCUT2D eigenvalue weighted by Crippen LogP contribution is -2.59. The number of rotatable bonds is 3. The van der Waals surface area contributed by atoms with E-state index in [-0.39, 0.29) is 18.4 Å². The maximum absolute atomic E-state index is 12.9. The molecule has 2 N–H and O–H groups in total. The molecule has 3 rings (SSSR count). The zero-order valence-corrected chi connectivity index (χ0v) is 15.3. The van der Waals surface area contributed by atoms with Crippen LogP contribution in [0.1, 0.15) is 13.8 Å². The van der Waals surface area contributed by atoms with Gasteiger partial charge in [0.1, 0.15) is 5.54 Å². The van der Waals surface area contributed by atoms with E-state index < -0.39 is 5.54 Å². The number of nitrogens with one attached hydrogen (secondary N) is 2. The van der Waals surface area contributed by atoms with Crippen molar-refractivity contribution < 1.29 is 9.59 Å². The fourth-order valence-electron chi connectivity index (χ4n) is 2.81. The van der Waals surface area contributed by atoms with Crippen molar-refractivity contribution in [2.75, 3.05) is 22.1 Å². The summed E-state index contributed by atoms with van der Waals surface area (Å²) < 4.78 is 0. The predicted molar refractivity (Wildman–Crippen MR) is 102 cm³/mol. The van der Waals surface area contributed by atoms with Gasteiger partial charge in [-0.1, -0.05) is 35.3 Å². The molecule has 0 fully saturated rings. The van der Waals surface area contributed by atoms with Gasteiger partial charge in [-0.3, -0.25) is 14.5 Å². The molecule has 0 atom stereocenters. The van der Waals surface area contributed by atoms with Gasteiger partial charge in [-0.15, -0.1) is 0 Å². The Hall–Kier alpha value is -2.24. The maximum Gasteiger partial charge on any atom is 0.250 e. The summed E-state index contributed by atoms with van der Waals surface area (Å²) in [5.74, 6) is -0.464. The first-order valence-corrected chi connectivity index (χ1v) is 8.48. The third kappa shape index (κ3) is 3.43. The lowest BCUT2D eigenvalue weighted by molar-refractivity contribution is -0.125. The Morgan fingerprint density at radius 3 is 2.48 bits per heavy atom. The molecule has 0 bridgehead atoms. The molecule has 0 aliphatic carbocycles. The van der Waals surface area contributed by atoms with E-state index in [4.69, 9.17) is 23.2 Å². The Balaban J connectivity index is 1.86. The van der Waals surface area contributed by atoms with Crippen molar-refractivity contribution >= 4 is 52.1 Å². The average Bonchev–Trinajstić information content (AvgIpc) is 2.53. The van der Waals surface area contributed by atoms with Gasteiger partial charge in [0.25, 0.3) is 0 Å². The van der Waals surface area contributed by atoms with E-state index in [0.29, 0.717) is 27.1 Å². The molecule has 0 saturated heterocycles. The molecule has 7 heteroatoms. The van der Waals surface area contributed by atoms with Crippen molar-refractivity contribution in [3.8, 4) is 0 Å². The van der Waals surface area contributed by atoms with Crippen LogP contribution < -0.4 is 15.5 Å². The standard InChI is InChI=1S/C18H17Cl2N3O2/c1-18(2)17(25)22-14-5-3-4-6-15(14)23(18)16(24)10-21-13-8-11(19)7-12(20)9-13/h3-9,21H,10H2,1-2H3,(H,22,25). The molecule has 130 valence electrons. The largest absolute Gasteiger partial charge is 0.376 e. The minimum Gasteiger partial charge on any atom is -0.376 e. The minimum absolute atomic E-state index is 0.00170. The van der Waals surface area contributed by atoms with Crippen molar-refractivity contribution in [1.82, 2.24) is 0 Å². The second-order valence-electron chi connectivity index (χ2n) is 6.27. The van der Waals surface area contributed by atoms with Gasteiger partial charge < -0.3 is 10.6 Å². The van der Waals surface area contributed by atoms with Crippen LogP contribution in [0.25, 0.3) is 0 Å². The summed E-state index contributed by atoms with van der Waals surface area (Å²) in [4.78, 5) is 26.8. The summed E-state index contributed by atoms with van der Waals surface area (Å²) in [6.07, 6.45) is 0. The van der Waals surface area contributed by atoms with E-state index in [1.165, 1.54) is 4.90 Å². The Bertz CT molecular complexity index is 832. The molecule has 0 unspecified atom stereocenters. The minimum atomic E-state index is -1.00. The van der Waals surface area contributed by atoms with Gasteiger partial charge in [-0.25, -0.2) is 0 Å². The van der Waals surface area contributed by atoms with E-state index in [2.05, 4.69) is 10.6 Å². The topological polar surface area (TPSA) is 61.4 Å². The fraction of sp³-hybridized carbons (Fsp3) is 0.222. The van der Waals surface area contributed by atoms with Crippen molar-refractivity contribution in [3.63, 3.8) is 0 Å². The van der Waals surface area contributed by atoms with Gasteiger partial charge in [0.2, 0.25) is 11.8 Å². The van der Waals surface area contributed by atoms with Crippen LogP contribution in [0.15, 0.2) is 42.5 Å². The van der Waals surface area contributed by atoms with E-state index in [9.17, 15) is 9.59 Å². The molecule has 0 aromatic heterocycles. The Morgan fingerprint density at radius 1 is 1.16 bits per heavy atom. The van der Waals surface area contributed by atoms with Gasteiger partial charge in [0.05, 0.1) is 17.9 Å². The Morgan fingerprint density at radius 2 is 1.80 bits per heavy atom. The van der Waals surface area contributed by atoms with Gasteiger partial charge >= 0.3 is 0 Å². The third-order valence-electron chi connectivity index (χ3n) is 4.06. The van der Waals surface area contributed by atoms with Gasteiger partial charge in [0.15, 0.2) is 0 Å². The summed E-state index contributed by atoms with van der Waals surface area (Å²) in [5.41, 5.74) is 0.923. The maximum atomic E-state index is 12.9. The number of carbonyl (C=O) groups excluding carboxylic acids is 2. The molecule has 5 nitrogen and oxygen atoms in total. The van der Waals surface area contributed by atoms with Gasteiger partial charge in [0, 0.05) is 15.7 Å². The molecule has 1 aliphatic rings. The second kappa shape index (κ2) is 6.58. The van der Waals surface area contributed by atoms with E-state index in [1.807, 2.05) is 18.2 Å². The molecule has 2 amide bonds. The Labute approximate surface area is 155 Å². The molecule has 0 spiro atoms. The molecule has 0 saturated carbocycles. The van der Waals surface area contributed by atoms with Crippen LogP contribution in [0, 0.1) is 0 Å². The molecule has 2 aromatic rings. The number of hydrogen-bond acceptors (Lipinski definition) is 3. The van der Waals surface area contributed by atoms with Crippen LogP contribution in [0.2, 0.25) is 10.0 Å². The first kappa shape index (κ1) is 17.6. The first-order chi connectivity index (χ1) is 11.8. The molecular weight excluding hydrogens is 361 g/mol. The fourth-order valence-corrected chi connectivity index (χ4v) is 3.34. The second-order valence-corrected chi connectivity index (χ2v) is 7.14. The van der Waals surface area contributed by atoms with Crippen LogP contribution in [-0.4, -0.2) is 23.9 Å². The van der Waals surface area contributed by atoms with E-state index >= 15 is 0 Å². The monoisotopic (exact) mass is 377 g/mol. The van der Waals surface area contributed by atoms with Gasteiger partial charge in [-0.2, -0.15) is 0 Å². The number of halogens is 2. The highest BCUT2D eigenvalue weighted by atomic mass is 35.5. The highest BCUT2D eigenvalue weighted by Gasteiger charge is 2.43. The van der Waals surface area contributed by atoms with Crippen LogP contribution >= 0.6 is 23.2 Å². The first-order valence-electron chi connectivity index (χ1n) is 7.72. The van der Waals surface area contributed by atoms with Crippen molar-refractivity contribution in [3.05, 3.63) is 52.5 Å². The molecule has 0 radical (unpaired) electrons. The number of para-hydroxylation sites is 2. The smallest absolute Gasteiger partial charge is 0.250 e. The molecule has 25 heavy (non-hydrogen) atoms. The van der Waals surface area contributed by atoms with Crippen LogP contribution in [-0.2, 0) is 9.59 Å². The van der Waals surface area contributed by atoms with E-state index in [1.54, 1.807) is 38.1 Å². The van der Waals surface area contributed by atoms with E-state index in [0.717, 1.165) is 0 Å². The number of benzene rings is 2. The molecule has 2 aromatic carbocycles. The zero-order chi connectivity index (χ0) is 18.2. The number of fused-ring (bicyclic) bond motifs is 1. The van der Waals surface area contributed by atoms with Crippen LogP contribution in [0.3, 0.4) is 0 Å². The summed E-state index contributed by atoms with van der Waals surface area (Å²) in [6.45, 7) is 3.43. The summed E-state index contributed by atoms with van der Waals surface area (Å²) >= 11 is 11.9. The predicted octanol–water partition coefficient (Wildman–Crippen LogP) is 4.17. The zero-order valence-electron chi connectivity index (χ0n) is 13.8. The Kier molecular flexibility index (Phi) is 4.62. The number of nitrogens with zero attached hydrogens (tertiary/aromatic N) is 1. The number of hydrogen-bond donors (Lipinski definition) is 2. The number of carbonyl (C=O) groups is 2. The summed E-state index contributed by atoms with van der Waals surface area (Å²) in [5, 5.41) is 6.81. The highest BCUT2D eigenvalue weighted by molar-refractivity contribution is 6.35. The molecular formula is C18H17Cl2N3O2. The number of amides is 2. The summed E-state index contributed by atoms with van der Waals surface area (Å²) in [7, 11) is 0. The quantitative estimate of drug-likeness (QED) is 0.843. The lowest BCUT2D eigenvalue weighted by Gasteiger charge is -2.42. The lowest BCUT2D eigenvalue weighted by atomic mass is 9.96. The molecule has 1 aliphatic heterocycles. The van der Waals surface area contributed by atoms with Crippen molar-refractivity contribution in [2.45, 2.75) is 19.4 Å². The van der Waals surface area contributed by atoms with Crippen molar-refractivity contribution in [1.29, 1.82) is 0 Å². The summed E-state index contributed by atoms with van der Waals surface area (Å²) in [6, 6.07) is 12.2. The highest BCUT2D eigenvalue weighted by Crippen LogP contribution is 2.36. The SMILES string of the molecule is CC1(C)C(=O)Nc2ccccc2N1C(=O)CNc1cc(Cl)cc(Cl)c1. The van der Waals surface area contributed by atoms with Crippen LogP contribution in [0.4, 0.5) is 17.1 Å². The normalized spacial score (nSPS) is 15.4. The van der Waals surface area contributed by atoms with Crippen molar-refractivity contribution in [2.24, 2.45) is 0 Å². The molecule has 1 heterocycles. The van der Waals surface area contributed by atoms with Gasteiger partial charge in [-0.05, 0) is 44.2 Å². The third-order valence-corrected chi connectivity index (χ3v) is 4.50.